The normalized spacial score (nSPS) is 19.1. The fourth-order valence-electron chi connectivity index (χ4n) is 2.54. The Morgan fingerprint density at radius 3 is 2.67 bits per heavy atom. The number of nitrogens with one attached hydrogen (secondary N) is 1. The van der Waals surface area contributed by atoms with Crippen molar-refractivity contribution in [1.29, 1.82) is 5.26 Å². The van der Waals surface area contributed by atoms with Gasteiger partial charge in [-0.3, -0.25) is 4.79 Å². The molecule has 0 radical (unpaired) electrons. The van der Waals surface area contributed by atoms with Crippen molar-refractivity contribution >= 4 is 17.6 Å². The number of hydrogen-bond acceptors (Lipinski definition) is 3. The van der Waals surface area contributed by atoms with Gasteiger partial charge in [-0.2, -0.15) is 5.26 Å². The van der Waals surface area contributed by atoms with Crippen LogP contribution in [0, 0.1) is 16.7 Å². The quantitative estimate of drug-likeness (QED) is 0.908. The summed E-state index contributed by atoms with van der Waals surface area (Å²) in [6.07, 6.45) is 1.02. The molecule has 2 rings (SSSR count). The fraction of sp³-hybridized carbons (Fsp3) is 0.438. The summed E-state index contributed by atoms with van der Waals surface area (Å²) in [7, 11) is 0. The van der Waals surface area contributed by atoms with E-state index in [0.717, 1.165) is 11.3 Å². The topological polar surface area (TPSA) is 73.2 Å². The van der Waals surface area contributed by atoms with E-state index in [-0.39, 0.29) is 23.8 Å². The van der Waals surface area contributed by atoms with Crippen LogP contribution in [0.5, 0.6) is 0 Å². The molecule has 5 nitrogen and oxygen atoms in total. The largest absolute Gasteiger partial charge is 0.334 e. The Hall–Kier alpha value is -2.35. The lowest BCUT2D eigenvalue weighted by atomic mass is 9.86. The molecule has 110 valence electrons. The smallest absolute Gasteiger partial charge is 0.328 e. The van der Waals surface area contributed by atoms with Gasteiger partial charge in [0.1, 0.15) is 0 Å². The molecule has 21 heavy (non-hydrogen) atoms. The number of hydrogen-bond donors (Lipinski definition) is 1. The standard InChI is InChI=1S/C16H19N3O2/c1-16(2,3)9-12-8-14(20)19(15(21)18-12)13-6-4-5-11(7-13)10-17/h4-7,12H,8-9H2,1-3H3,(H,18,21). The van der Waals surface area contributed by atoms with Crippen LogP contribution in [0.1, 0.15) is 39.2 Å². The highest BCUT2D eigenvalue weighted by Crippen LogP contribution is 2.26. The Morgan fingerprint density at radius 2 is 2.10 bits per heavy atom. The monoisotopic (exact) mass is 285 g/mol. The van der Waals surface area contributed by atoms with E-state index in [1.54, 1.807) is 24.3 Å². The van der Waals surface area contributed by atoms with Gasteiger partial charge in [-0.15, -0.1) is 0 Å². The molecule has 1 aliphatic rings. The molecule has 1 aromatic rings. The maximum atomic E-state index is 12.3. The summed E-state index contributed by atoms with van der Waals surface area (Å²) >= 11 is 0. The predicted octanol–water partition coefficient (Wildman–Crippen LogP) is 2.81. The van der Waals surface area contributed by atoms with Crippen molar-refractivity contribution in [2.24, 2.45) is 5.41 Å². The highest BCUT2D eigenvalue weighted by Gasteiger charge is 2.34. The number of carbonyl (C=O) groups is 2. The Balaban J connectivity index is 2.19. The molecule has 1 fully saturated rings. The number of carbonyl (C=O) groups excluding carboxylic acids is 2. The summed E-state index contributed by atoms with van der Waals surface area (Å²) in [6, 6.07) is 7.94. The van der Waals surface area contributed by atoms with Gasteiger partial charge in [0, 0.05) is 12.5 Å². The number of nitriles is 1. The molecule has 5 heteroatoms. The third kappa shape index (κ3) is 3.60. The summed E-state index contributed by atoms with van der Waals surface area (Å²) in [6.45, 7) is 6.23. The first-order valence-corrected chi connectivity index (χ1v) is 6.94. The third-order valence-electron chi connectivity index (χ3n) is 3.29. The van der Waals surface area contributed by atoms with Gasteiger partial charge in [-0.05, 0) is 30.0 Å². The van der Waals surface area contributed by atoms with Crippen molar-refractivity contribution in [3.63, 3.8) is 0 Å². The van der Waals surface area contributed by atoms with Crippen LogP contribution in [0.25, 0.3) is 0 Å². The number of rotatable bonds is 2. The van der Waals surface area contributed by atoms with Gasteiger partial charge in [0.2, 0.25) is 5.91 Å². The maximum absolute atomic E-state index is 12.3. The number of anilines is 1. The average molecular weight is 285 g/mol. The summed E-state index contributed by atoms with van der Waals surface area (Å²) in [5.74, 6) is -0.233. The molecular weight excluding hydrogens is 266 g/mol. The SMILES string of the molecule is CC(C)(C)CC1CC(=O)N(c2cccc(C#N)c2)C(=O)N1. The van der Waals surface area contributed by atoms with Crippen molar-refractivity contribution in [3.8, 4) is 6.07 Å². The van der Waals surface area contributed by atoms with Crippen LogP contribution in [-0.4, -0.2) is 18.0 Å². The molecule has 1 N–H and O–H groups in total. The molecule has 1 aliphatic heterocycles. The molecule has 1 unspecified atom stereocenters. The van der Waals surface area contributed by atoms with Crippen LogP contribution in [0.2, 0.25) is 0 Å². The van der Waals surface area contributed by atoms with E-state index in [9.17, 15) is 9.59 Å². The molecule has 0 saturated carbocycles. The van der Waals surface area contributed by atoms with Gasteiger partial charge in [-0.1, -0.05) is 26.8 Å². The van der Waals surface area contributed by atoms with Crippen molar-refractivity contribution < 1.29 is 9.59 Å². The molecule has 1 saturated heterocycles. The van der Waals surface area contributed by atoms with E-state index in [0.29, 0.717) is 11.3 Å². The van der Waals surface area contributed by atoms with Crippen LogP contribution in [0.4, 0.5) is 10.5 Å². The van der Waals surface area contributed by atoms with Gasteiger partial charge in [0.15, 0.2) is 0 Å². The number of urea groups is 1. The predicted molar refractivity (Wildman–Crippen MR) is 79.7 cm³/mol. The second-order valence-corrected chi connectivity index (χ2v) is 6.51. The van der Waals surface area contributed by atoms with Gasteiger partial charge in [-0.25, -0.2) is 9.69 Å². The average Bonchev–Trinajstić information content (AvgIpc) is 2.36. The highest BCUT2D eigenvalue weighted by atomic mass is 16.2. The zero-order valence-electron chi connectivity index (χ0n) is 12.5. The van der Waals surface area contributed by atoms with E-state index in [1.807, 2.05) is 6.07 Å². The number of imide groups is 1. The minimum absolute atomic E-state index is 0.0428. The number of benzene rings is 1. The molecule has 0 aromatic heterocycles. The van der Waals surface area contributed by atoms with E-state index in [4.69, 9.17) is 5.26 Å². The van der Waals surface area contributed by atoms with E-state index < -0.39 is 6.03 Å². The first-order chi connectivity index (χ1) is 9.80. The lowest BCUT2D eigenvalue weighted by molar-refractivity contribution is -0.119. The van der Waals surface area contributed by atoms with Crippen LogP contribution in [0.3, 0.4) is 0 Å². The second-order valence-electron chi connectivity index (χ2n) is 6.51. The molecule has 1 aromatic carbocycles. The lowest BCUT2D eigenvalue weighted by Crippen LogP contribution is -2.55. The molecule has 1 heterocycles. The molecule has 1 atom stereocenters. The number of amides is 3. The third-order valence-corrected chi connectivity index (χ3v) is 3.29. The van der Waals surface area contributed by atoms with Crippen LogP contribution < -0.4 is 10.2 Å². The van der Waals surface area contributed by atoms with Gasteiger partial charge < -0.3 is 5.32 Å². The van der Waals surface area contributed by atoms with Crippen molar-refractivity contribution in [1.82, 2.24) is 5.32 Å². The van der Waals surface area contributed by atoms with Gasteiger partial charge >= 0.3 is 6.03 Å². The molecular formula is C16H19N3O2. The zero-order chi connectivity index (χ0) is 15.6. The van der Waals surface area contributed by atoms with Crippen molar-refractivity contribution in [2.45, 2.75) is 39.7 Å². The zero-order valence-corrected chi connectivity index (χ0v) is 12.5. The second kappa shape index (κ2) is 5.57. The Bertz CT molecular complexity index is 593. The fourth-order valence-corrected chi connectivity index (χ4v) is 2.54. The van der Waals surface area contributed by atoms with Crippen LogP contribution in [0.15, 0.2) is 24.3 Å². The minimum atomic E-state index is -0.421. The van der Waals surface area contributed by atoms with Crippen molar-refractivity contribution in [2.75, 3.05) is 4.90 Å². The first-order valence-electron chi connectivity index (χ1n) is 6.94. The molecule has 3 amide bonds. The highest BCUT2D eigenvalue weighted by molar-refractivity contribution is 6.16. The minimum Gasteiger partial charge on any atom is -0.334 e. The Morgan fingerprint density at radius 1 is 1.38 bits per heavy atom. The molecule has 0 spiro atoms. The summed E-state index contributed by atoms with van der Waals surface area (Å²) in [4.78, 5) is 25.6. The van der Waals surface area contributed by atoms with Gasteiger partial charge in [0.05, 0.1) is 17.3 Å². The summed E-state index contributed by atoms with van der Waals surface area (Å²) < 4.78 is 0. The van der Waals surface area contributed by atoms with Crippen LogP contribution in [-0.2, 0) is 4.79 Å². The Kier molecular flexibility index (Phi) is 3.99. The van der Waals surface area contributed by atoms with Gasteiger partial charge in [0.25, 0.3) is 0 Å². The molecule has 0 aliphatic carbocycles. The van der Waals surface area contributed by atoms with E-state index >= 15 is 0 Å². The van der Waals surface area contributed by atoms with E-state index in [2.05, 4.69) is 26.1 Å². The van der Waals surface area contributed by atoms with Crippen molar-refractivity contribution in [3.05, 3.63) is 29.8 Å². The van der Waals surface area contributed by atoms with Crippen LogP contribution >= 0.6 is 0 Å². The first kappa shape index (κ1) is 15.0. The molecule has 0 bridgehead atoms. The summed E-state index contributed by atoms with van der Waals surface area (Å²) in [5.41, 5.74) is 0.900. The Labute approximate surface area is 124 Å². The van der Waals surface area contributed by atoms with E-state index in [1.165, 1.54) is 0 Å². The number of nitrogens with zero attached hydrogens (tertiary/aromatic N) is 2. The lowest BCUT2D eigenvalue weighted by Gasteiger charge is -2.34. The maximum Gasteiger partial charge on any atom is 0.328 e. The summed E-state index contributed by atoms with van der Waals surface area (Å²) in [5, 5.41) is 11.8.